The van der Waals surface area contributed by atoms with Crippen LogP contribution in [0.4, 0.5) is 8.78 Å². The zero-order valence-electron chi connectivity index (χ0n) is 8.73. The second-order valence-electron chi connectivity index (χ2n) is 4.03. The van der Waals surface area contributed by atoms with Crippen molar-refractivity contribution in [1.29, 1.82) is 0 Å². The van der Waals surface area contributed by atoms with Crippen molar-refractivity contribution < 1.29 is 8.78 Å². The summed E-state index contributed by atoms with van der Waals surface area (Å²) in [5.74, 6) is 0. The maximum Gasteiger partial charge on any atom is 0.256 e. The molecule has 1 nitrogen and oxygen atoms in total. The van der Waals surface area contributed by atoms with Gasteiger partial charge in [-0.25, -0.2) is 8.78 Å². The molecule has 0 radical (unpaired) electrons. The minimum Gasteiger partial charge on any atom is -0.320 e. The average molecular weight is 234 g/mol. The molecular weight excluding hydrogens is 220 g/mol. The van der Waals surface area contributed by atoms with Crippen LogP contribution in [0.2, 0.25) is 5.02 Å². The quantitative estimate of drug-likeness (QED) is 0.853. The maximum atomic E-state index is 12.6. The molecule has 1 aromatic rings. The number of alkyl halides is 2. The third-order valence-corrected chi connectivity index (χ3v) is 2.88. The average Bonchev–Trinajstić information content (AvgIpc) is 2.12. The van der Waals surface area contributed by atoms with E-state index < -0.39 is 12.0 Å². The summed E-state index contributed by atoms with van der Waals surface area (Å²) in [6.45, 7) is 3.17. The van der Waals surface area contributed by atoms with Gasteiger partial charge >= 0.3 is 0 Å². The van der Waals surface area contributed by atoms with Crippen molar-refractivity contribution in [2.24, 2.45) is 5.73 Å². The molecule has 15 heavy (non-hydrogen) atoms. The third-order valence-electron chi connectivity index (χ3n) is 2.34. The number of hydrogen-bond acceptors (Lipinski definition) is 1. The molecule has 1 aromatic carbocycles. The molecule has 0 aromatic heterocycles. The van der Waals surface area contributed by atoms with Crippen LogP contribution < -0.4 is 5.73 Å². The molecule has 0 aliphatic rings. The van der Waals surface area contributed by atoms with Crippen molar-refractivity contribution in [2.45, 2.75) is 32.2 Å². The zero-order chi connectivity index (χ0) is 11.6. The van der Waals surface area contributed by atoms with Crippen molar-refractivity contribution in [1.82, 2.24) is 0 Å². The molecule has 1 rings (SSSR count). The number of nitrogens with two attached hydrogens (primary N) is 1. The highest BCUT2D eigenvalue weighted by molar-refractivity contribution is 6.32. The Kier molecular flexibility index (Phi) is 3.68. The first kappa shape index (κ1) is 12.4. The molecule has 0 amide bonds. The van der Waals surface area contributed by atoms with E-state index in [2.05, 4.69) is 0 Å². The molecule has 0 aliphatic heterocycles. The van der Waals surface area contributed by atoms with E-state index in [-0.39, 0.29) is 6.42 Å². The largest absolute Gasteiger partial charge is 0.320 e. The molecule has 0 spiro atoms. The molecule has 4 heteroatoms. The van der Waals surface area contributed by atoms with Crippen LogP contribution in [0.1, 0.15) is 18.1 Å². The fourth-order valence-corrected chi connectivity index (χ4v) is 1.53. The number of aryl methyl sites for hydroxylation is 1. The maximum absolute atomic E-state index is 12.6. The van der Waals surface area contributed by atoms with Gasteiger partial charge < -0.3 is 5.73 Å². The van der Waals surface area contributed by atoms with Gasteiger partial charge in [0.25, 0.3) is 6.43 Å². The van der Waals surface area contributed by atoms with Crippen molar-refractivity contribution in [2.75, 3.05) is 0 Å². The summed E-state index contributed by atoms with van der Waals surface area (Å²) < 4.78 is 25.1. The highest BCUT2D eigenvalue weighted by Crippen LogP contribution is 2.26. The van der Waals surface area contributed by atoms with Gasteiger partial charge in [0.1, 0.15) is 0 Å². The predicted molar refractivity (Wildman–Crippen MR) is 58.5 cm³/mol. The van der Waals surface area contributed by atoms with Gasteiger partial charge in [-0.05, 0) is 31.4 Å². The second kappa shape index (κ2) is 4.45. The molecule has 84 valence electrons. The van der Waals surface area contributed by atoms with Crippen molar-refractivity contribution in [3.63, 3.8) is 0 Å². The fourth-order valence-electron chi connectivity index (χ4n) is 1.33. The standard InChI is InChI=1S/C11H14ClF2N/c1-7-4-3-5-8(9(7)12)6-11(2,15)10(13)14/h3-5,10H,6,15H2,1-2H3. The summed E-state index contributed by atoms with van der Waals surface area (Å²) in [7, 11) is 0. The zero-order valence-corrected chi connectivity index (χ0v) is 9.48. The van der Waals surface area contributed by atoms with Crippen molar-refractivity contribution in [3.05, 3.63) is 34.3 Å². The van der Waals surface area contributed by atoms with E-state index in [0.29, 0.717) is 10.6 Å². The SMILES string of the molecule is Cc1cccc(CC(C)(N)C(F)F)c1Cl. The smallest absolute Gasteiger partial charge is 0.256 e. The fraction of sp³-hybridized carbons (Fsp3) is 0.455. The second-order valence-corrected chi connectivity index (χ2v) is 4.41. The molecule has 1 atom stereocenters. The lowest BCUT2D eigenvalue weighted by Gasteiger charge is -2.24. The molecule has 0 saturated heterocycles. The van der Waals surface area contributed by atoms with Crippen LogP contribution in [0.25, 0.3) is 0 Å². The highest BCUT2D eigenvalue weighted by Gasteiger charge is 2.31. The van der Waals surface area contributed by atoms with Gasteiger partial charge in [0.15, 0.2) is 0 Å². The van der Waals surface area contributed by atoms with E-state index in [0.717, 1.165) is 5.56 Å². The Hall–Kier alpha value is -0.670. The Bertz CT molecular complexity index is 350. The molecule has 0 aliphatic carbocycles. The van der Waals surface area contributed by atoms with Crippen LogP contribution in [0.5, 0.6) is 0 Å². The van der Waals surface area contributed by atoms with Gasteiger partial charge in [-0.3, -0.25) is 0 Å². The number of halogens is 3. The first-order chi connectivity index (χ1) is 6.84. The van der Waals surface area contributed by atoms with Crippen LogP contribution in [0, 0.1) is 6.92 Å². The van der Waals surface area contributed by atoms with Crippen LogP contribution in [-0.2, 0) is 6.42 Å². The van der Waals surface area contributed by atoms with Gasteiger partial charge in [-0.2, -0.15) is 0 Å². The summed E-state index contributed by atoms with van der Waals surface area (Å²) >= 11 is 6.00. The Labute approximate surface area is 93.2 Å². The Morgan fingerprint density at radius 1 is 1.47 bits per heavy atom. The van der Waals surface area contributed by atoms with E-state index in [1.807, 2.05) is 13.0 Å². The van der Waals surface area contributed by atoms with E-state index >= 15 is 0 Å². The molecule has 0 saturated carbocycles. The summed E-state index contributed by atoms with van der Waals surface area (Å²) in [5, 5.41) is 0.523. The van der Waals surface area contributed by atoms with E-state index in [4.69, 9.17) is 17.3 Å². The molecular formula is C11H14ClF2N. The first-order valence-corrected chi connectivity index (χ1v) is 5.03. The minimum absolute atomic E-state index is 0.0746. The lowest BCUT2D eigenvalue weighted by Crippen LogP contribution is -2.45. The van der Waals surface area contributed by atoms with Crippen molar-refractivity contribution in [3.8, 4) is 0 Å². The summed E-state index contributed by atoms with van der Waals surface area (Å²) in [5.41, 5.74) is 5.51. The Balaban J connectivity index is 2.95. The minimum atomic E-state index is -2.56. The van der Waals surface area contributed by atoms with E-state index in [9.17, 15) is 8.78 Å². The lowest BCUT2D eigenvalue weighted by molar-refractivity contribution is 0.0639. The first-order valence-electron chi connectivity index (χ1n) is 4.65. The van der Waals surface area contributed by atoms with E-state index in [1.165, 1.54) is 6.92 Å². The summed E-state index contributed by atoms with van der Waals surface area (Å²) in [4.78, 5) is 0. The van der Waals surface area contributed by atoms with Gasteiger partial charge in [0.05, 0.1) is 5.54 Å². The third kappa shape index (κ3) is 2.89. The summed E-state index contributed by atoms with van der Waals surface area (Å²) in [6.07, 6.45) is -2.49. The molecule has 0 bridgehead atoms. The highest BCUT2D eigenvalue weighted by atomic mass is 35.5. The van der Waals surface area contributed by atoms with Crippen LogP contribution in [-0.4, -0.2) is 12.0 Å². The molecule has 0 heterocycles. The predicted octanol–water partition coefficient (Wildman–Crippen LogP) is 3.17. The summed E-state index contributed by atoms with van der Waals surface area (Å²) in [6, 6.07) is 5.35. The number of rotatable bonds is 3. The number of hydrogen-bond donors (Lipinski definition) is 1. The van der Waals surface area contributed by atoms with Crippen LogP contribution in [0.15, 0.2) is 18.2 Å². The lowest BCUT2D eigenvalue weighted by atomic mass is 9.93. The molecule has 2 N–H and O–H groups in total. The molecule has 1 unspecified atom stereocenters. The van der Waals surface area contributed by atoms with Gasteiger partial charge in [0.2, 0.25) is 0 Å². The number of benzene rings is 1. The Morgan fingerprint density at radius 3 is 2.60 bits per heavy atom. The topological polar surface area (TPSA) is 26.0 Å². The van der Waals surface area contributed by atoms with Crippen LogP contribution in [0.3, 0.4) is 0 Å². The van der Waals surface area contributed by atoms with Crippen LogP contribution >= 0.6 is 11.6 Å². The van der Waals surface area contributed by atoms with Gasteiger partial charge in [0, 0.05) is 5.02 Å². The van der Waals surface area contributed by atoms with Gasteiger partial charge in [-0.1, -0.05) is 29.8 Å². The normalized spacial score (nSPS) is 15.4. The van der Waals surface area contributed by atoms with Gasteiger partial charge in [-0.15, -0.1) is 0 Å². The molecule has 0 fully saturated rings. The van der Waals surface area contributed by atoms with Crippen molar-refractivity contribution >= 4 is 11.6 Å². The Morgan fingerprint density at radius 2 is 2.07 bits per heavy atom. The monoisotopic (exact) mass is 233 g/mol. The van der Waals surface area contributed by atoms with E-state index in [1.54, 1.807) is 12.1 Å².